The molecule has 0 bridgehead atoms. The molecule has 2 nitrogen and oxygen atoms in total. The normalized spacial score (nSPS) is 12.5. The largest absolute Gasteiger partial charge is 0.481 e. The summed E-state index contributed by atoms with van der Waals surface area (Å²) in [5, 5.41) is 8.49. The summed E-state index contributed by atoms with van der Waals surface area (Å²) in [6.45, 7) is 2.03. The number of rotatable bonds is 6. The molecule has 0 saturated heterocycles. The molecule has 0 radical (unpaired) electrons. The van der Waals surface area contributed by atoms with Gasteiger partial charge in [-0.05, 0) is 17.9 Å². The van der Waals surface area contributed by atoms with E-state index in [1.54, 1.807) is 11.8 Å². The molecule has 0 aromatic heterocycles. The lowest BCUT2D eigenvalue weighted by atomic mass is 10.1. The van der Waals surface area contributed by atoms with Gasteiger partial charge in [-0.1, -0.05) is 19.1 Å². The van der Waals surface area contributed by atoms with Crippen LogP contribution in [0.25, 0.3) is 0 Å². The van der Waals surface area contributed by atoms with Gasteiger partial charge in [0.2, 0.25) is 0 Å². The number of thioether (sulfide) groups is 1. The predicted molar refractivity (Wildman–Crippen MR) is 64.9 cm³/mol. The lowest BCUT2D eigenvalue weighted by Gasteiger charge is -2.13. The van der Waals surface area contributed by atoms with Crippen molar-refractivity contribution >= 4 is 46.8 Å². The summed E-state index contributed by atoms with van der Waals surface area (Å²) in [6.07, 6.45) is 0.778. The van der Waals surface area contributed by atoms with Gasteiger partial charge in [0.25, 0.3) is 0 Å². The second kappa shape index (κ2) is 7.64. The molecule has 13 heavy (non-hydrogen) atoms. The molecule has 0 aliphatic carbocycles. The number of hydrogen-bond acceptors (Lipinski definition) is 4. The zero-order valence-corrected chi connectivity index (χ0v) is 10.1. The molecule has 0 aliphatic heterocycles. The molecule has 0 rings (SSSR count). The van der Waals surface area contributed by atoms with E-state index in [-0.39, 0.29) is 12.3 Å². The minimum Gasteiger partial charge on any atom is -0.481 e. The highest BCUT2D eigenvalue weighted by Gasteiger charge is 2.14. The number of hydrogen-bond donors (Lipinski definition) is 2. The highest BCUT2D eigenvalue weighted by Crippen LogP contribution is 2.19. The maximum Gasteiger partial charge on any atom is 0.303 e. The van der Waals surface area contributed by atoms with Crippen LogP contribution in [-0.2, 0) is 4.79 Å². The van der Waals surface area contributed by atoms with Crippen LogP contribution in [0, 0.1) is 5.92 Å². The lowest BCUT2D eigenvalue weighted by molar-refractivity contribution is -0.137. The molecule has 0 heterocycles. The summed E-state index contributed by atoms with van der Waals surface area (Å²) in [7, 11) is 0. The van der Waals surface area contributed by atoms with Gasteiger partial charge in [0.1, 0.15) is 0 Å². The molecule has 1 atom stereocenters. The Balaban J connectivity index is 3.87. The van der Waals surface area contributed by atoms with Crippen molar-refractivity contribution in [2.75, 3.05) is 11.5 Å². The molecular formula is C8H14O2S3. The van der Waals surface area contributed by atoms with Crippen molar-refractivity contribution in [1.29, 1.82) is 0 Å². The zero-order valence-electron chi connectivity index (χ0n) is 7.52. The Morgan fingerprint density at radius 3 is 2.69 bits per heavy atom. The van der Waals surface area contributed by atoms with E-state index in [2.05, 4.69) is 12.6 Å². The number of carboxylic acid groups (broad SMARTS) is 1. The van der Waals surface area contributed by atoms with Crippen molar-refractivity contribution in [1.82, 2.24) is 0 Å². The van der Waals surface area contributed by atoms with E-state index in [0.717, 1.165) is 9.95 Å². The van der Waals surface area contributed by atoms with Gasteiger partial charge >= 0.3 is 5.97 Å². The van der Waals surface area contributed by atoms with Crippen LogP contribution in [0.1, 0.15) is 19.8 Å². The first-order valence-corrected chi connectivity index (χ1v) is 6.13. The predicted octanol–water partition coefficient (Wildman–Crippen LogP) is 2.48. The van der Waals surface area contributed by atoms with Crippen LogP contribution in [0.5, 0.6) is 0 Å². The van der Waals surface area contributed by atoms with Crippen LogP contribution in [0.4, 0.5) is 0 Å². The third-order valence-electron chi connectivity index (χ3n) is 1.55. The highest BCUT2D eigenvalue weighted by molar-refractivity contribution is 8.23. The summed E-state index contributed by atoms with van der Waals surface area (Å²) >= 11 is 10.9. The molecule has 0 aromatic carbocycles. The summed E-state index contributed by atoms with van der Waals surface area (Å²) in [4.78, 5) is 10.3. The summed E-state index contributed by atoms with van der Waals surface area (Å²) < 4.78 is 0.888. The quantitative estimate of drug-likeness (QED) is 0.551. The fourth-order valence-electron chi connectivity index (χ4n) is 0.841. The average molecular weight is 238 g/mol. The van der Waals surface area contributed by atoms with Crippen molar-refractivity contribution < 1.29 is 9.90 Å². The average Bonchev–Trinajstić information content (AvgIpc) is 2.05. The van der Waals surface area contributed by atoms with Crippen LogP contribution in [0.15, 0.2) is 0 Å². The molecule has 0 fully saturated rings. The van der Waals surface area contributed by atoms with Gasteiger partial charge in [0.05, 0.1) is 4.20 Å². The molecule has 0 aliphatic rings. The van der Waals surface area contributed by atoms with E-state index in [9.17, 15) is 4.79 Å². The van der Waals surface area contributed by atoms with Gasteiger partial charge in [-0.15, -0.1) is 11.8 Å². The first kappa shape index (κ1) is 13.3. The fraction of sp³-hybridized carbons (Fsp3) is 0.750. The molecular weight excluding hydrogens is 224 g/mol. The molecule has 1 unspecified atom stereocenters. The van der Waals surface area contributed by atoms with Crippen LogP contribution in [-0.4, -0.2) is 26.8 Å². The van der Waals surface area contributed by atoms with E-state index in [1.807, 2.05) is 6.92 Å². The molecule has 5 heteroatoms. The molecule has 0 aromatic rings. The van der Waals surface area contributed by atoms with Gasteiger partial charge in [-0.3, -0.25) is 4.79 Å². The molecule has 1 N–H and O–H groups in total. The van der Waals surface area contributed by atoms with Crippen molar-refractivity contribution in [2.45, 2.75) is 19.8 Å². The Morgan fingerprint density at radius 1 is 1.69 bits per heavy atom. The van der Waals surface area contributed by atoms with E-state index in [0.29, 0.717) is 12.2 Å². The van der Waals surface area contributed by atoms with Crippen LogP contribution in [0.2, 0.25) is 0 Å². The summed E-state index contributed by atoms with van der Waals surface area (Å²) in [6, 6.07) is 0. The van der Waals surface area contributed by atoms with E-state index in [1.165, 1.54) is 0 Å². The smallest absolute Gasteiger partial charge is 0.303 e. The number of carbonyl (C=O) groups is 1. The van der Waals surface area contributed by atoms with Crippen LogP contribution >= 0.6 is 36.6 Å². The highest BCUT2D eigenvalue weighted by atomic mass is 32.2. The van der Waals surface area contributed by atoms with Gasteiger partial charge in [0.15, 0.2) is 0 Å². The standard InChI is InChI=1S/C8H14O2S3/c1-2-13-8(12)6(5-11)3-4-7(9)10/h6,11H,2-5H2,1H3,(H,9,10). The first-order chi connectivity index (χ1) is 6.11. The second-order valence-electron chi connectivity index (χ2n) is 2.56. The minimum absolute atomic E-state index is 0.152. The zero-order chi connectivity index (χ0) is 10.3. The molecule has 0 spiro atoms. The van der Waals surface area contributed by atoms with Crippen molar-refractivity contribution in [3.63, 3.8) is 0 Å². The SMILES string of the molecule is CCSC(=S)C(CS)CCC(=O)O. The Labute approximate surface area is 93.9 Å². The number of thiol groups is 1. The fourth-order valence-corrected chi connectivity index (χ4v) is 2.73. The second-order valence-corrected chi connectivity index (χ2v) is 4.93. The molecule has 0 saturated carbocycles. The van der Waals surface area contributed by atoms with Gasteiger partial charge < -0.3 is 5.11 Å². The Hall–Kier alpha value is 0.260. The van der Waals surface area contributed by atoms with Gasteiger partial charge in [-0.2, -0.15) is 12.6 Å². The maximum absolute atomic E-state index is 10.3. The molecule has 76 valence electrons. The topological polar surface area (TPSA) is 37.3 Å². The van der Waals surface area contributed by atoms with Crippen molar-refractivity contribution in [3.05, 3.63) is 0 Å². The van der Waals surface area contributed by atoms with Gasteiger partial charge in [-0.25, -0.2) is 0 Å². The Morgan fingerprint density at radius 2 is 2.31 bits per heavy atom. The lowest BCUT2D eigenvalue weighted by Crippen LogP contribution is -2.13. The third kappa shape index (κ3) is 6.35. The third-order valence-corrected chi connectivity index (χ3v) is 3.58. The van der Waals surface area contributed by atoms with Crippen molar-refractivity contribution in [2.24, 2.45) is 5.92 Å². The minimum atomic E-state index is -0.768. The van der Waals surface area contributed by atoms with Crippen LogP contribution < -0.4 is 0 Å². The van der Waals surface area contributed by atoms with Crippen LogP contribution in [0.3, 0.4) is 0 Å². The first-order valence-electron chi connectivity index (χ1n) is 4.11. The summed E-state index contributed by atoms with van der Waals surface area (Å²) in [5.74, 6) is 0.963. The maximum atomic E-state index is 10.3. The molecule has 0 amide bonds. The van der Waals surface area contributed by atoms with Gasteiger partial charge in [0, 0.05) is 12.3 Å². The summed E-state index contributed by atoms with van der Waals surface area (Å²) in [5.41, 5.74) is 0. The monoisotopic (exact) mass is 238 g/mol. The number of thiocarbonyl (C=S) groups is 1. The van der Waals surface area contributed by atoms with E-state index in [4.69, 9.17) is 17.3 Å². The Kier molecular flexibility index (Phi) is 7.80. The Bertz CT molecular complexity index is 182. The van der Waals surface area contributed by atoms with E-state index >= 15 is 0 Å². The number of aliphatic carboxylic acids is 1. The van der Waals surface area contributed by atoms with Crippen molar-refractivity contribution in [3.8, 4) is 0 Å². The number of carboxylic acids is 1. The van der Waals surface area contributed by atoms with E-state index < -0.39 is 5.97 Å².